The second-order valence-corrected chi connectivity index (χ2v) is 5.39. The van der Waals surface area contributed by atoms with Gasteiger partial charge in [-0.3, -0.25) is 4.90 Å². The summed E-state index contributed by atoms with van der Waals surface area (Å²) in [5, 5.41) is 0. The molecule has 0 aliphatic rings. The molecule has 1 aromatic heterocycles. The molecule has 0 aliphatic heterocycles. The molecule has 18 heavy (non-hydrogen) atoms. The van der Waals surface area contributed by atoms with Crippen LogP contribution in [0, 0.1) is 6.92 Å². The van der Waals surface area contributed by atoms with Crippen LogP contribution in [-0.4, -0.2) is 11.9 Å². The molecule has 0 radical (unpaired) electrons. The lowest BCUT2D eigenvalue weighted by Gasteiger charge is -2.15. The van der Waals surface area contributed by atoms with Gasteiger partial charge >= 0.3 is 0 Å². The van der Waals surface area contributed by atoms with E-state index in [2.05, 4.69) is 33.9 Å². The summed E-state index contributed by atoms with van der Waals surface area (Å²) in [6.45, 7) is 3.60. The SMILES string of the molecule is Cc1ccc(CN(C)Cc2ccc(Br)c(N)c2)o1. The number of nitrogen functional groups attached to an aromatic ring is 1. The predicted molar refractivity (Wildman–Crippen MR) is 77.2 cm³/mol. The highest BCUT2D eigenvalue weighted by atomic mass is 79.9. The minimum absolute atomic E-state index is 0.773. The Morgan fingerprint density at radius 2 is 2.00 bits per heavy atom. The molecule has 96 valence electrons. The van der Waals surface area contributed by atoms with E-state index < -0.39 is 0 Å². The van der Waals surface area contributed by atoms with E-state index in [9.17, 15) is 0 Å². The molecular formula is C14H17BrN2O. The number of benzene rings is 1. The fourth-order valence-corrected chi connectivity index (χ4v) is 2.14. The lowest BCUT2D eigenvalue weighted by molar-refractivity contribution is 0.285. The van der Waals surface area contributed by atoms with Crippen molar-refractivity contribution in [3.05, 3.63) is 51.9 Å². The number of aryl methyl sites for hydroxylation is 1. The summed E-state index contributed by atoms with van der Waals surface area (Å²) < 4.78 is 6.50. The zero-order chi connectivity index (χ0) is 13.1. The topological polar surface area (TPSA) is 42.4 Å². The van der Waals surface area contributed by atoms with Crippen molar-refractivity contribution in [3.63, 3.8) is 0 Å². The van der Waals surface area contributed by atoms with E-state index in [4.69, 9.17) is 10.2 Å². The summed E-state index contributed by atoms with van der Waals surface area (Å²) in [5.41, 5.74) is 7.84. The lowest BCUT2D eigenvalue weighted by atomic mass is 10.2. The number of nitrogens with zero attached hydrogens (tertiary/aromatic N) is 1. The van der Waals surface area contributed by atoms with Gasteiger partial charge in [-0.1, -0.05) is 6.07 Å². The molecule has 1 heterocycles. The van der Waals surface area contributed by atoms with Crippen LogP contribution in [0.15, 0.2) is 39.2 Å². The first kappa shape index (κ1) is 13.2. The molecule has 0 unspecified atom stereocenters. The van der Waals surface area contributed by atoms with Gasteiger partial charge in [-0.2, -0.15) is 0 Å². The van der Waals surface area contributed by atoms with Crippen molar-refractivity contribution in [3.8, 4) is 0 Å². The molecule has 0 saturated heterocycles. The Hall–Kier alpha value is -1.26. The predicted octanol–water partition coefficient (Wildman–Crippen LogP) is 3.56. The van der Waals surface area contributed by atoms with Crippen LogP contribution in [0.25, 0.3) is 0 Å². The van der Waals surface area contributed by atoms with Crippen molar-refractivity contribution in [2.75, 3.05) is 12.8 Å². The molecule has 1 aromatic carbocycles. The smallest absolute Gasteiger partial charge is 0.118 e. The van der Waals surface area contributed by atoms with Crippen molar-refractivity contribution in [2.45, 2.75) is 20.0 Å². The molecule has 0 atom stereocenters. The highest BCUT2D eigenvalue weighted by molar-refractivity contribution is 9.10. The van der Waals surface area contributed by atoms with Gasteiger partial charge in [-0.05, 0) is 59.7 Å². The van der Waals surface area contributed by atoms with Gasteiger partial charge in [0.1, 0.15) is 11.5 Å². The van der Waals surface area contributed by atoms with Gasteiger partial charge in [0.15, 0.2) is 0 Å². The van der Waals surface area contributed by atoms with Crippen LogP contribution in [0.2, 0.25) is 0 Å². The normalized spacial score (nSPS) is 11.1. The first-order chi connectivity index (χ1) is 8.54. The third-order valence-corrected chi connectivity index (χ3v) is 3.46. The third kappa shape index (κ3) is 3.37. The summed E-state index contributed by atoms with van der Waals surface area (Å²) in [4.78, 5) is 2.20. The van der Waals surface area contributed by atoms with Crippen LogP contribution in [-0.2, 0) is 13.1 Å². The fraction of sp³-hybridized carbons (Fsp3) is 0.286. The summed E-state index contributed by atoms with van der Waals surface area (Å²) in [6.07, 6.45) is 0. The highest BCUT2D eigenvalue weighted by Gasteiger charge is 2.06. The van der Waals surface area contributed by atoms with E-state index in [0.717, 1.165) is 34.8 Å². The second-order valence-electron chi connectivity index (χ2n) is 4.54. The maximum Gasteiger partial charge on any atom is 0.118 e. The Morgan fingerprint density at radius 3 is 2.61 bits per heavy atom. The monoisotopic (exact) mass is 308 g/mol. The molecule has 2 rings (SSSR count). The minimum atomic E-state index is 0.773. The zero-order valence-corrected chi connectivity index (χ0v) is 12.2. The van der Waals surface area contributed by atoms with Gasteiger partial charge in [-0.15, -0.1) is 0 Å². The van der Waals surface area contributed by atoms with Gasteiger partial charge < -0.3 is 10.2 Å². The van der Waals surface area contributed by atoms with Crippen LogP contribution in [0.5, 0.6) is 0 Å². The third-order valence-electron chi connectivity index (χ3n) is 2.73. The number of hydrogen-bond donors (Lipinski definition) is 1. The molecule has 0 amide bonds. The molecule has 4 heteroatoms. The quantitative estimate of drug-likeness (QED) is 0.878. The Labute approximate surface area is 116 Å². The first-order valence-electron chi connectivity index (χ1n) is 5.82. The van der Waals surface area contributed by atoms with Gasteiger partial charge in [-0.25, -0.2) is 0 Å². The number of halogens is 1. The fourth-order valence-electron chi connectivity index (χ4n) is 1.90. The van der Waals surface area contributed by atoms with Crippen LogP contribution >= 0.6 is 15.9 Å². The maximum absolute atomic E-state index is 5.87. The summed E-state index contributed by atoms with van der Waals surface area (Å²) in [5.74, 6) is 1.94. The van der Waals surface area contributed by atoms with E-state index in [-0.39, 0.29) is 0 Å². The highest BCUT2D eigenvalue weighted by Crippen LogP contribution is 2.21. The van der Waals surface area contributed by atoms with Crippen molar-refractivity contribution in [1.82, 2.24) is 4.90 Å². The molecule has 0 spiro atoms. The molecular weight excluding hydrogens is 292 g/mol. The standard InChI is InChI=1S/C14H17BrN2O/c1-10-3-5-12(18-10)9-17(2)8-11-4-6-13(15)14(16)7-11/h3-7H,8-9,16H2,1-2H3. The largest absolute Gasteiger partial charge is 0.465 e. The molecule has 3 nitrogen and oxygen atoms in total. The second kappa shape index (κ2) is 5.59. The molecule has 0 aliphatic carbocycles. The number of nitrogens with two attached hydrogens (primary N) is 1. The van der Waals surface area contributed by atoms with Crippen molar-refractivity contribution in [1.29, 1.82) is 0 Å². The van der Waals surface area contributed by atoms with Crippen LogP contribution in [0.3, 0.4) is 0 Å². The zero-order valence-electron chi connectivity index (χ0n) is 10.6. The van der Waals surface area contributed by atoms with E-state index in [1.54, 1.807) is 0 Å². The van der Waals surface area contributed by atoms with E-state index in [1.165, 1.54) is 5.56 Å². The average Bonchev–Trinajstić information content (AvgIpc) is 2.69. The Morgan fingerprint density at radius 1 is 1.22 bits per heavy atom. The molecule has 0 fully saturated rings. The van der Waals surface area contributed by atoms with Gasteiger partial charge in [0.05, 0.1) is 6.54 Å². The van der Waals surface area contributed by atoms with Crippen LogP contribution in [0.1, 0.15) is 17.1 Å². The van der Waals surface area contributed by atoms with Gasteiger partial charge in [0, 0.05) is 16.7 Å². The lowest BCUT2D eigenvalue weighted by Crippen LogP contribution is -2.16. The van der Waals surface area contributed by atoms with Crippen LogP contribution in [0.4, 0.5) is 5.69 Å². The minimum Gasteiger partial charge on any atom is -0.465 e. The Balaban J connectivity index is 1.98. The Bertz CT molecular complexity index is 536. The summed E-state index contributed by atoms with van der Waals surface area (Å²) in [7, 11) is 2.07. The molecule has 2 aromatic rings. The number of furan rings is 1. The molecule has 2 N–H and O–H groups in total. The van der Waals surface area contributed by atoms with Crippen LogP contribution < -0.4 is 5.73 Å². The summed E-state index contributed by atoms with van der Waals surface area (Å²) in [6, 6.07) is 10.1. The first-order valence-corrected chi connectivity index (χ1v) is 6.61. The van der Waals surface area contributed by atoms with Gasteiger partial charge in [0.25, 0.3) is 0 Å². The number of anilines is 1. The number of rotatable bonds is 4. The number of hydrogen-bond acceptors (Lipinski definition) is 3. The van der Waals surface area contributed by atoms with Crippen molar-refractivity contribution < 1.29 is 4.42 Å². The van der Waals surface area contributed by atoms with Gasteiger partial charge in [0.2, 0.25) is 0 Å². The van der Waals surface area contributed by atoms with Crippen molar-refractivity contribution >= 4 is 21.6 Å². The van der Waals surface area contributed by atoms with E-state index >= 15 is 0 Å². The van der Waals surface area contributed by atoms with E-state index in [1.807, 2.05) is 31.2 Å². The van der Waals surface area contributed by atoms with Crippen molar-refractivity contribution in [2.24, 2.45) is 0 Å². The molecule has 0 bridgehead atoms. The van der Waals surface area contributed by atoms with E-state index in [0.29, 0.717) is 0 Å². The average molecular weight is 309 g/mol. The maximum atomic E-state index is 5.87. The summed E-state index contributed by atoms with van der Waals surface area (Å²) >= 11 is 3.40. The molecule has 0 saturated carbocycles. The Kier molecular flexibility index (Phi) is 4.09.